The first-order valence-electron chi connectivity index (χ1n) is 11.3. The molecule has 0 radical (unpaired) electrons. The van der Waals surface area contributed by atoms with Crippen molar-refractivity contribution < 1.29 is 28.2 Å². The average Bonchev–Trinajstić information content (AvgIpc) is 3.17. The Kier molecular flexibility index (Phi) is 7.12. The van der Waals surface area contributed by atoms with Gasteiger partial charge >= 0.3 is 6.09 Å². The van der Waals surface area contributed by atoms with Crippen molar-refractivity contribution in [1.82, 2.24) is 5.32 Å². The van der Waals surface area contributed by atoms with Crippen LogP contribution >= 0.6 is 0 Å². The third kappa shape index (κ3) is 5.20. The number of benzene rings is 2. The van der Waals surface area contributed by atoms with Crippen LogP contribution in [0.1, 0.15) is 19.4 Å². The summed E-state index contributed by atoms with van der Waals surface area (Å²) in [7, 11) is 0. The fraction of sp³-hybridized carbons (Fsp3) is 0.400. The number of ether oxygens (including phenoxy) is 2. The lowest BCUT2D eigenvalue weighted by atomic mass is 9.86. The molecule has 3 atom stereocenters. The van der Waals surface area contributed by atoms with Crippen LogP contribution in [0.4, 0.5) is 20.6 Å². The van der Waals surface area contributed by atoms with Crippen molar-refractivity contribution in [3.05, 3.63) is 59.9 Å². The van der Waals surface area contributed by atoms with Crippen molar-refractivity contribution in [3.63, 3.8) is 0 Å². The lowest BCUT2D eigenvalue weighted by molar-refractivity contribution is -0.128. The molecular weight excluding hydrogens is 441 g/mol. The van der Waals surface area contributed by atoms with Crippen molar-refractivity contribution in [2.75, 3.05) is 36.0 Å². The van der Waals surface area contributed by atoms with Crippen LogP contribution in [0.15, 0.2) is 48.5 Å². The lowest BCUT2D eigenvalue weighted by Gasteiger charge is -2.47. The van der Waals surface area contributed by atoms with Crippen molar-refractivity contribution in [1.29, 1.82) is 0 Å². The highest BCUT2D eigenvalue weighted by Crippen LogP contribution is 2.35. The largest absolute Gasteiger partial charge is 0.442 e. The molecule has 0 aliphatic carbocycles. The van der Waals surface area contributed by atoms with Gasteiger partial charge in [0.15, 0.2) is 5.78 Å². The maximum absolute atomic E-state index is 15.1. The van der Waals surface area contributed by atoms with E-state index in [-0.39, 0.29) is 37.3 Å². The number of ketones is 1. The second kappa shape index (κ2) is 10.2. The van der Waals surface area contributed by atoms with Crippen LogP contribution in [0.3, 0.4) is 0 Å². The highest BCUT2D eigenvalue weighted by atomic mass is 19.1. The number of amides is 2. The monoisotopic (exact) mass is 469 g/mol. The number of hydrogen-bond acceptors (Lipinski definition) is 6. The molecule has 34 heavy (non-hydrogen) atoms. The Morgan fingerprint density at radius 1 is 1.18 bits per heavy atom. The topological polar surface area (TPSA) is 88.2 Å². The average molecular weight is 470 g/mol. The SMILES string of the molecule is CC(=O)NC[C@H]1CN(c2ccc(N3C[C@H](C)[C@H]3C(=O)COCc3ccccc3)c(F)c2)C(=O)O1. The third-order valence-electron chi connectivity index (χ3n) is 6.05. The van der Waals surface area contributed by atoms with Gasteiger partial charge in [-0.25, -0.2) is 9.18 Å². The van der Waals surface area contributed by atoms with Gasteiger partial charge in [0.2, 0.25) is 5.91 Å². The van der Waals surface area contributed by atoms with Gasteiger partial charge in [-0.2, -0.15) is 0 Å². The van der Waals surface area contributed by atoms with E-state index in [0.29, 0.717) is 24.5 Å². The van der Waals surface area contributed by atoms with E-state index in [1.165, 1.54) is 17.9 Å². The lowest BCUT2D eigenvalue weighted by Crippen LogP contribution is -2.60. The summed E-state index contributed by atoms with van der Waals surface area (Å²) in [5, 5.41) is 2.61. The molecular formula is C25H28FN3O5. The van der Waals surface area contributed by atoms with Crippen LogP contribution in [-0.2, 0) is 25.7 Å². The molecule has 2 fully saturated rings. The molecule has 0 aromatic heterocycles. The van der Waals surface area contributed by atoms with Crippen LogP contribution in [0.5, 0.6) is 0 Å². The van der Waals surface area contributed by atoms with E-state index in [9.17, 15) is 14.4 Å². The van der Waals surface area contributed by atoms with E-state index in [1.54, 1.807) is 17.0 Å². The second-order valence-electron chi connectivity index (χ2n) is 8.71. The van der Waals surface area contributed by atoms with Crippen molar-refractivity contribution in [2.45, 2.75) is 32.6 Å². The fourth-order valence-corrected chi connectivity index (χ4v) is 4.35. The van der Waals surface area contributed by atoms with Gasteiger partial charge in [-0.15, -0.1) is 0 Å². The smallest absolute Gasteiger partial charge is 0.414 e. The zero-order valence-electron chi connectivity index (χ0n) is 19.2. The minimum Gasteiger partial charge on any atom is -0.442 e. The summed E-state index contributed by atoms with van der Waals surface area (Å²) in [6.45, 7) is 4.58. The summed E-state index contributed by atoms with van der Waals surface area (Å²) in [6, 6.07) is 13.6. The zero-order valence-corrected chi connectivity index (χ0v) is 19.2. The molecule has 2 heterocycles. The summed E-state index contributed by atoms with van der Waals surface area (Å²) in [4.78, 5) is 39.2. The minimum atomic E-state index is -0.594. The van der Waals surface area contributed by atoms with E-state index in [1.807, 2.05) is 37.3 Å². The van der Waals surface area contributed by atoms with Gasteiger partial charge < -0.3 is 19.7 Å². The number of carbonyl (C=O) groups excluding carboxylic acids is 3. The molecule has 9 heteroatoms. The van der Waals surface area contributed by atoms with Crippen LogP contribution in [0, 0.1) is 11.7 Å². The molecule has 4 rings (SSSR count). The Morgan fingerprint density at radius 2 is 1.94 bits per heavy atom. The second-order valence-corrected chi connectivity index (χ2v) is 8.71. The molecule has 2 saturated heterocycles. The van der Waals surface area contributed by atoms with E-state index in [4.69, 9.17) is 9.47 Å². The van der Waals surface area contributed by atoms with Crippen LogP contribution < -0.4 is 15.1 Å². The van der Waals surface area contributed by atoms with Gasteiger partial charge in [0.05, 0.1) is 37.1 Å². The standard InChI is InChI=1S/C25H28FN3O5/c1-16-12-29(24(16)23(31)15-33-14-18-6-4-3-5-7-18)22-9-8-19(10-21(22)26)28-13-20(34-25(28)32)11-27-17(2)30/h3-10,16,20,24H,11-15H2,1-2H3,(H,27,30)/t16-,20-,24-/m0/s1. The molecule has 2 aliphatic rings. The van der Waals surface area contributed by atoms with Gasteiger partial charge in [-0.05, 0) is 23.8 Å². The molecule has 0 saturated carbocycles. The number of halogens is 1. The number of cyclic esters (lactones) is 1. The summed E-state index contributed by atoms with van der Waals surface area (Å²) in [5.41, 5.74) is 1.65. The number of nitrogens with one attached hydrogen (secondary N) is 1. The molecule has 0 spiro atoms. The van der Waals surface area contributed by atoms with Gasteiger partial charge in [0.25, 0.3) is 0 Å². The maximum Gasteiger partial charge on any atom is 0.414 e. The molecule has 8 nitrogen and oxygen atoms in total. The Morgan fingerprint density at radius 3 is 2.62 bits per heavy atom. The summed E-state index contributed by atoms with van der Waals surface area (Å²) in [6.07, 6.45) is -1.10. The zero-order chi connectivity index (χ0) is 24.2. The molecule has 2 aromatic rings. The molecule has 2 amide bonds. The molecule has 0 unspecified atom stereocenters. The summed E-state index contributed by atoms with van der Waals surface area (Å²) in [5.74, 6) is -0.758. The van der Waals surface area contributed by atoms with Gasteiger partial charge in [-0.3, -0.25) is 14.5 Å². The summed E-state index contributed by atoms with van der Waals surface area (Å²) >= 11 is 0. The molecule has 1 N–H and O–H groups in total. The molecule has 2 aromatic carbocycles. The Bertz CT molecular complexity index is 1060. The predicted molar refractivity (Wildman–Crippen MR) is 124 cm³/mol. The van der Waals surface area contributed by atoms with Crippen molar-refractivity contribution >= 4 is 29.2 Å². The Hall–Kier alpha value is -3.46. The molecule has 180 valence electrons. The van der Waals surface area contributed by atoms with Gasteiger partial charge in [0.1, 0.15) is 18.5 Å². The van der Waals surface area contributed by atoms with Gasteiger partial charge in [0, 0.05) is 19.4 Å². The Labute approximate surface area is 197 Å². The predicted octanol–water partition coefficient (Wildman–Crippen LogP) is 2.90. The van der Waals surface area contributed by atoms with E-state index in [0.717, 1.165) is 5.56 Å². The minimum absolute atomic E-state index is 0.0462. The number of rotatable bonds is 9. The van der Waals surface area contributed by atoms with E-state index >= 15 is 4.39 Å². The van der Waals surface area contributed by atoms with Crippen LogP contribution in [0.2, 0.25) is 0 Å². The number of anilines is 2. The first kappa shape index (κ1) is 23.7. The third-order valence-corrected chi connectivity index (χ3v) is 6.05. The Balaban J connectivity index is 1.37. The number of hydrogen-bond donors (Lipinski definition) is 1. The fourth-order valence-electron chi connectivity index (χ4n) is 4.35. The maximum atomic E-state index is 15.1. The van der Waals surface area contributed by atoms with Crippen molar-refractivity contribution in [3.8, 4) is 0 Å². The van der Waals surface area contributed by atoms with Crippen LogP contribution in [0.25, 0.3) is 0 Å². The first-order valence-corrected chi connectivity index (χ1v) is 11.3. The summed E-state index contributed by atoms with van der Waals surface area (Å²) < 4.78 is 25.9. The quantitative estimate of drug-likeness (QED) is 0.608. The molecule has 0 bridgehead atoms. The van der Waals surface area contributed by atoms with E-state index < -0.39 is 24.1 Å². The van der Waals surface area contributed by atoms with Gasteiger partial charge in [-0.1, -0.05) is 37.3 Å². The van der Waals surface area contributed by atoms with Crippen LogP contribution in [-0.4, -0.2) is 56.2 Å². The number of Topliss-reactive ketones (excluding diaryl/α,β-unsaturated/α-hetero) is 1. The molecule has 2 aliphatic heterocycles. The first-order chi connectivity index (χ1) is 16.3. The van der Waals surface area contributed by atoms with Crippen molar-refractivity contribution in [2.24, 2.45) is 5.92 Å². The van der Waals surface area contributed by atoms with E-state index in [2.05, 4.69) is 5.32 Å². The highest BCUT2D eigenvalue weighted by Gasteiger charge is 2.42. The normalized spacial score (nSPS) is 21.7. The number of nitrogens with zero attached hydrogens (tertiary/aromatic N) is 2. The number of carbonyl (C=O) groups is 3. The highest BCUT2D eigenvalue weighted by molar-refractivity contribution is 5.92.